The Bertz CT molecular complexity index is 285. The predicted molar refractivity (Wildman–Crippen MR) is 63.7 cm³/mol. The number of nitrogens with one attached hydrogen (secondary N) is 1. The van der Waals surface area contributed by atoms with Gasteiger partial charge in [-0.05, 0) is 32.1 Å². The Morgan fingerprint density at radius 2 is 1.93 bits per heavy atom. The van der Waals surface area contributed by atoms with Crippen LogP contribution >= 0.6 is 0 Å². The molecule has 1 aliphatic heterocycles. The fraction of sp³-hybridized carbons (Fsp3) is 1.00. The van der Waals surface area contributed by atoms with Gasteiger partial charge in [0.05, 0.1) is 11.5 Å². The van der Waals surface area contributed by atoms with Crippen molar-refractivity contribution >= 4 is 9.84 Å². The normalized spacial score (nSPS) is 27.1. The van der Waals surface area contributed by atoms with Crippen LogP contribution in [0.4, 0.5) is 0 Å². The standard InChI is InChI=1S/C11H23NO2S/c1-9(2)4-5-10(3)12-11-6-7-15(13,14)8-11/h9-12H,4-8H2,1-3H3/t10-,11-/m1/s1. The quantitative estimate of drug-likeness (QED) is 0.784. The van der Waals surface area contributed by atoms with Crippen LogP contribution in [0.2, 0.25) is 0 Å². The van der Waals surface area contributed by atoms with Crippen molar-refractivity contribution in [3.05, 3.63) is 0 Å². The third-order valence-corrected chi connectivity index (χ3v) is 4.70. The molecule has 1 heterocycles. The van der Waals surface area contributed by atoms with Crippen LogP contribution in [-0.2, 0) is 9.84 Å². The Labute approximate surface area is 93.6 Å². The van der Waals surface area contributed by atoms with Crippen molar-refractivity contribution in [3.63, 3.8) is 0 Å². The van der Waals surface area contributed by atoms with E-state index in [0.717, 1.165) is 18.8 Å². The molecule has 3 nitrogen and oxygen atoms in total. The van der Waals surface area contributed by atoms with Crippen LogP contribution in [0.1, 0.15) is 40.0 Å². The number of sulfone groups is 1. The van der Waals surface area contributed by atoms with Gasteiger partial charge < -0.3 is 5.32 Å². The first-order valence-corrected chi connectivity index (χ1v) is 7.67. The summed E-state index contributed by atoms with van der Waals surface area (Å²) in [7, 11) is -2.73. The first-order valence-electron chi connectivity index (χ1n) is 5.85. The summed E-state index contributed by atoms with van der Waals surface area (Å²) in [6, 6.07) is 0.628. The highest BCUT2D eigenvalue weighted by atomic mass is 32.2. The molecule has 0 radical (unpaired) electrons. The molecule has 1 fully saturated rings. The Kier molecular flexibility index (Phi) is 4.59. The summed E-state index contributed by atoms with van der Waals surface area (Å²) in [4.78, 5) is 0. The monoisotopic (exact) mass is 233 g/mol. The molecule has 0 aromatic rings. The second-order valence-electron chi connectivity index (χ2n) is 5.14. The highest BCUT2D eigenvalue weighted by Crippen LogP contribution is 2.14. The summed E-state index contributed by atoms with van der Waals surface area (Å²) in [5.74, 6) is 1.42. The summed E-state index contributed by atoms with van der Waals surface area (Å²) in [6.07, 6.45) is 3.12. The zero-order valence-corrected chi connectivity index (χ0v) is 10.8. The van der Waals surface area contributed by atoms with Crippen molar-refractivity contribution in [2.24, 2.45) is 5.92 Å². The minimum absolute atomic E-state index is 0.192. The molecule has 15 heavy (non-hydrogen) atoms. The lowest BCUT2D eigenvalue weighted by Crippen LogP contribution is -2.37. The zero-order chi connectivity index (χ0) is 11.5. The number of hydrogen-bond acceptors (Lipinski definition) is 3. The zero-order valence-electron chi connectivity index (χ0n) is 9.99. The average Bonchev–Trinajstić information content (AvgIpc) is 2.42. The first kappa shape index (κ1) is 13.0. The molecule has 0 saturated carbocycles. The first-order chi connectivity index (χ1) is 6.89. The van der Waals surface area contributed by atoms with E-state index in [-0.39, 0.29) is 6.04 Å². The van der Waals surface area contributed by atoms with Gasteiger partial charge in [-0.25, -0.2) is 8.42 Å². The van der Waals surface area contributed by atoms with Crippen LogP contribution in [0.3, 0.4) is 0 Å². The molecule has 0 aromatic heterocycles. The van der Waals surface area contributed by atoms with E-state index < -0.39 is 9.84 Å². The Balaban J connectivity index is 2.24. The lowest BCUT2D eigenvalue weighted by molar-refractivity contribution is 0.414. The van der Waals surface area contributed by atoms with Crippen LogP contribution in [0.15, 0.2) is 0 Å². The molecule has 0 aromatic carbocycles. The molecule has 0 aliphatic carbocycles. The van der Waals surface area contributed by atoms with Gasteiger partial charge in [-0.2, -0.15) is 0 Å². The maximum atomic E-state index is 11.2. The fourth-order valence-electron chi connectivity index (χ4n) is 2.00. The van der Waals surface area contributed by atoms with Crippen LogP contribution in [-0.4, -0.2) is 32.0 Å². The smallest absolute Gasteiger partial charge is 0.151 e. The van der Waals surface area contributed by atoms with E-state index in [9.17, 15) is 8.42 Å². The van der Waals surface area contributed by atoms with E-state index in [1.165, 1.54) is 6.42 Å². The van der Waals surface area contributed by atoms with Gasteiger partial charge in [0, 0.05) is 12.1 Å². The molecule has 90 valence electrons. The van der Waals surface area contributed by atoms with Crippen LogP contribution < -0.4 is 5.32 Å². The molecule has 0 amide bonds. The van der Waals surface area contributed by atoms with E-state index >= 15 is 0 Å². The number of hydrogen-bond donors (Lipinski definition) is 1. The van der Waals surface area contributed by atoms with Gasteiger partial charge in [0.1, 0.15) is 0 Å². The fourth-order valence-corrected chi connectivity index (χ4v) is 3.68. The summed E-state index contributed by atoms with van der Waals surface area (Å²) < 4.78 is 22.5. The van der Waals surface area contributed by atoms with Crippen molar-refractivity contribution in [3.8, 4) is 0 Å². The second-order valence-corrected chi connectivity index (χ2v) is 7.37. The molecule has 0 unspecified atom stereocenters. The molecule has 0 bridgehead atoms. The highest BCUT2D eigenvalue weighted by molar-refractivity contribution is 7.91. The van der Waals surface area contributed by atoms with Crippen LogP contribution in [0.25, 0.3) is 0 Å². The minimum atomic E-state index is -2.73. The SMILES string of the molecule is CC(C)CC[C@@H](C)N[C@@H]1CCS(=O)(=O)C1. The van der Waals surface area contributed by atoms with Gasteiger partial charge in [0.2, 0.25) is 0 Å². The van der Waals surface area contributed by atoms with Gasteiger partial charge in [0.25, 0.3) is 0 Å². The highest BCUT2D eigenvalue weighted by Gasteiger charge is 2.28. The van der Waals surface area contributed by atoms with Gasteiger partial charge in [-0.3, -0.25) is 0 Å². The van der Waals surface area contributed by atoms with Gasteiger partial charge >= 0.3 is 0 Å². The Morgan fingerprint density at radius 3 is 2.40 bits per heavy atom. The minimum Gasteiger partial charge on any atom is -0.310 e. The van der Waals surface area contributed by atoms with Crippen molar-refractivity contribution < 1.29 is 8.42 Å². The maximum absolute atomic E-state index is 11.2. The van der Waals surface area contributed by atoms with Crippen molar-refractivity contribution in [2.45, 2.75) is 52.1 Å². The van der Waals surface area contributed by atoms with Gasteiger partial charge in [-0.1, -0.05) is 13.8 Å². The molecule has 1 aliphatic rings. The summed E-state index contributed by atoms with van der Waals surface area (Å²) >= 11 is 0. The van der Waals surface area contributed by atoms with E-state index in [1.807, 2.05) is 0 Å². The lowest BCUT2D eigenvalue weighted by Gasteiger charge is -2.19. The molecule has 2 atom stereocenters. The average molecular weight is 233 g/mol. The van der Waals surface area contributed by atoms with E-state index in [1.54, 1.807) is 0 Å². The molecule has 1 rings (SSSR count). The maximum Gasteiger partial charge on any atom is 0.151 e. The van der Waals surface area contributed by atoms with E-state index in [2.05, 4.69) is 26.1 Å². The van der Waals surface area contributed by atoms with Gasteiger partial charge in [-0.15, -0.1) is 0 Å². The number of rotatable bonds is 5. The third kappa shape index (κ3) is 4.98. The predicted octanol–water partition coefficient (Wildman–Crippen LogP) is 1.59. The van der Waals surface area contributed by atoms with Crippen molar-refractivity contribution in [2.75, 3.05) is 11.5 Å². The van der Waals surface area contributed by atoms with E-state index in [0.29, 0.717) is 17.5 Å². The molecule has 1 N–H and O–H groups in total. The van der Waals surface area contributed by atoms with Crippen molar-refractivity contribution in [1.82, 2.24) is 5.32 Å². The summed E-state index contributed by atoms with van der Waals surface area (Å²) in [5, 5.41) is 3.41. The van der Waals surface area contributed by atoms with Crippen LogP contribution in [0.5, 0.6) is 0 Å². The third-order valence-electron chi connectivity index (χ3n) is 2.93. The molecular formula is C11H23NO2S. The molecule has 0 spiro atoms. The van der Waals surface area contributed by atoms with E-state index in [4.69, 9.17) is 0 Å². The summed E-state index contributed by atoms with van der Waals surface area (Å²) in [6.45, 7) is 6.58. The molecule has 4 heteroatoms. The Morgan fingerprint density at radius 1 is 1.27 bits per heavy atom. The largest absolute Gasteiger partial charge is 0.310 e. The summed E-state index contributed by atoms with van der Waals surface area (Å²) in [5.41, 5.74) is 0. The second kappa shape index (κ2) is 5.30. The van der Waals surface area contributed by atoms with Gasteiger partial charge in [0.15, 0.2) is 9.84 Å². The van der Waals surface area contributed by atoms with Crippen molar-refractivity contribution in [1.29, 1.82) is 0 Å². The lowest BCUT2D eigenvalue weighted by atomic mass is 10.0. The Hall–Kier alpha value is -0.0900. The topological polar surface area (TPSA) is 46.2 Å². The molecule has 1 saturated heterocycles. The molecular weight excluding hydrogens is 210 g/mol. The van der Waals surface area contributed by atoms with Crippen LogP contribution in [0, 0.1) is 5.92 Å².